The Balaban J connectivity index is 0. The summed E-state index contributed by atoms with van der Waals surface area (Å²) < 4.78 is 33.4. The molecule has 134 valence electrons. The fourth-order valence-electron chi connectivity index (χ4n) is 2.80. The van der Waals surface area contributed by atoms with Crippen LogP contribution in [0.4, 0.5) is 0 Å². The second kappa shape index (κ2) is 16.9. The Morgan fingerprint density at radius 1 is 0.826 bits per heavy atom. The summed E-state index contributed by atoms with van der Waals surface area (Å²) in [5.41, 5.74) is 0. The van der Waals surface area contributed by atoms with Crippen LogP contribution in [-0.2, 0) is 10.1 Å². The van der Waals surface area contributed by atoms with Crippen LogP contribution in [0.2, 0.25) is 0 Å². The zero-order valence-electron chi connectivity index (χ0n) is 15.4. The van der Waals surface area contributed by atoms with Crippen molar-refractivity contribution in [2.45, 2.75) is 109 Å². The van der Waals surface area contributed by atoms with Crippen LogP contribution in [0.5, 0.6) is 0 Å². The van der Waals surface area contributed by atoms with Gasteiger partial charge in [0.1, 0.15) is 10.1 Å². The molecule has 1 N–H and O–H groups in total. The van der Waals surface area contributed by atoms with Gasteiger partial charge in [0.2, 0.25) is 0 Å². The van der Waals surface area contributed by atoms with E-state index in [-0.39, 0.29) is 57.8 Å². The van der Waals surface area contributed by atoms with Crippen molar-refractivity contribution in [2.75, 3.05) is 0 Å². The van der Waals surface area contributed by atoms with Crippen molar-refractivity contribution < 1.29 is 69.5 Å². The molecule has 0 aliphatic carbocycles. The van der Waals surface area contributed by atoms with Gasteiger partial charge in [-0.1, -0.05) is 84.5 Å². The molecule has 0 aromatic carbocycles. The third-order valence-corrected chi connectivity index (χ3v) is 5.60. The van der Waals surface area contributed by atoms with Crippen molar-refractivity contribution in [1.82, 2.24) is 0 Å². The largest absolute Gasteiger partial charge is 1.00 e. The summed E-state index contributed by atoms with van der Waals surface area (Å²) in [6.45, 7) is 3.92. The van der Waals surface area contributed by atoms with Crippen LogP contribution in [-0.4, -0.2) is 29.4 Å². The van der Waals surface area contributed by atoms with Gasteiger partial charge in [0.15, 0.2) is 0 Å². The first kappa shape index (κ1) is 26.7. The minimum atomic E-state index is -4.39. The first-order valence-corrected chi connectivity index (χ1v) is 10.5. The summed E-state index contributed by atoms with van der Waals surface area (Å²) in [7, 11) is -4.39. The van der Waals surface area contributed by atoms with Gasteiger partial charge < -0.3 is 9.66 Å². The molecule has 0 fully saturated rings. The number of unbranched alkanes of at least 4 members (excludes halogenated alkanes) is 10. The van der Waals surface area contributed by atoms with E-state index in [1.165, 1.54) is 51.4 Å². The van der Waals surface area contributed by atoms with E-state index in [1.807, 2.05) is 0 Å². The second-order valence-corrected chi connectivity index (χ2v) is 7.92. The van der Waals surface area contributed by atoms with E-state index in [0.29, 0.717) is 12.8 Å². The number of hydrogen-bond acceptors (Lipinski definition) is 4. The number of aliphatic hydroxyl groups is 1. The molecular formula is C17H35KO4S. The Morgan fingerprint density at radius 3 is 1.57 bits per heavy atom. The molecule has 0 saturated carbocycles. The average molecular weight is 375 g/mol. The maximum absolute atomic E-state index is 11.1. The maximum atomic E-state index is 11.1. The molecule has 0 aliphatic rings. The molecule has 0 amide bonds. The molecule has 0 spiro atoms. The zero-order chi connectivity index (χ0) is 16.8. The smallest absolute Gasteiger partial charge is 0.748 e. The van der Waals surface area contributed by atoms with E-state index >= 15 is 0 Å². The fraction of sp³-hybridized carbons (Fsp3) is 1.00. The molecule has 0 aromatic heterocycles. The molecule has 0 radical (unpaired) electrons. The molecule has 2 unspecified atom stereocenters. The van der Waals surface area contributed by atoms with Gasteiger partial charge in [-0.15, -0.1) is 0 Å². The molecule has 2 atom stereocenters. The summed E-state index contributed by atoms with van der Waals surface area (Å²) >= 11 is 0. The van der Waals surface area contributed by atoms with Crippen LogP contribution < -0.4 is 51.4 Å². The number of aliphatic hydroxyl groups excluding tert-OH is 1. The Hall–Kier alpha value is 1.51. The Kier molecular flexibility index (Phi) is 19.7. The molecule has 6 heteroatoms. The average Bonchev–Trinajstić information content (AvgIpc) is 2.46. The van der Waals surface area contributed by atoms with Crippen molar-refractivity contribution >= 4 is 10.1 Å². The first-order valence-electron chi connectivity index (χ1n) is 9.06. The molecule has 0 aliphatic heterocycles. The fourth-order valence-corrected chi connectivity index (χ4v) is 3.83. The van der Waals surface area contributed by atoms with Crippen LogP contribution in [0.1, 0.15) is 97.3 Å². The molecule has 23 heavy (non-hydrogen) atoms. The molecule has 0 bridgehead atoms. The van der Waals surface area contributed by atoms with Crippen LogP contribution in [0.3, 0.4) is 0 Å². The summed E-state index contributed by atoms with van der Waals surface area (Å²) in [6.07, 6.45) is 12.7. The molecule has 4 nitrogen and oxygen atoms in total. The first-order chi connectivity index (χ1) is 10.4. The van der Waals surface area contributed by atoms with Gasteiger partial charge in [-0.25, -0.2) is 8.42 Å². The van der Waals surface area contributed by atoms with Crippen molar-refractivity contribution in [3.8, 4) is 0 Å². The maximum Gasteiger partial charge on any atom is 1.00 e. The monoisotopic (exact) mass is 374 g/mol. The molecule has 0 saturated heterocycles. The standard InChI is InChI=1S/C17H36O4S.K/c1-3-5-6-7-8-9-10-11-12-13-14-15-17(16(18)4-2)22(19,20)21;/h16-18H,3-15H2,1-2H3,(H,19,20,21);/q;+1/p-1. The van der Waals surface area contributed by atoms with Gasteiger partial charge >= 0.3 is 51.4 Å². The number of hydrogen-bond donors (Lipinski definition) is 1. The van der Waals surface area contributed by atoms with E-state index in [9.17, 15) is 18.1 Å². The van der Waals surface area contributed by atoms with Crippen molar-refractivity contribution in [1.29, 1.82) is 0 Å². The van der Waals surface area contributed by atoms with Crippen LogP contribution in [0.15, 0.2) is 0 Å². The summed E-state index contributed by atoms with van der Waals surface area (Å²) in [5, 5.41) is 8.51. The second-order valence-electron chi connectivity index (χ2n) is 6.33. The van der Waals surface area contributed by atoms with E-state index < -0.39 is 21.5 Å². The minimum Gasteiger partial charge on any atom is -0.748 e. The van der Waals surface area contributed by atoms with E-state index in [1.54, 1.807) is 6.92 Å². The van der Waals surface area contributed by atoms with E-state index in [0.717, 1.165) is 12.8 Å². The summed E-state index contributed by atoms with van der Waals surface area (Å²) in [4.78, 5) is 0. The van der Waals surface area contributed by atoms with E-state index in [2.05, 4.69) is 6.92 Å². The normalized spacial score (nSPS) is 14.3. The third kappa shape index (κ3) is 15.5. The summed E-state index contributed by atoms with van der Waals surface area (Å²) in [5.74, 6) is 0. The zero-order valence-corrected chi connectivity index (χ0v) is 19.4. The number of rotatable bonds is 15. The van der Waals surface area contributed by atoms with Gasteiger partial charge in [-0.2, -0.15) is 0 Å². The molecule has 0 rings (SSSR count). The Bertz CT molecular complexity index is 347. The van der Waals surface area contributed by atoms with Gasteiger partial charge in [0.05, 0.1) is 11.4 Å². The van der Waals surface area contributed by atoms with Crippen molar-refractivity contribution in [2.24, 2.45) is 0 Å². The summed E-state index contributed by atoms with van der Waals surface area (Å²) in [6, 6.07) is 0. The molecular weight excluding hydrogens is 339 g/mol. The Morgan fingerprint density at radius 2 is 1.22 bits per heavy atom. The SMILES string of the molecule is CCCCCCCCCCCCCC(C(O)CC)S(=O)(=O)[O-].[K+]. The van der Waals surface area contributed by atoms with Crippen LogP contribution >= 0.6 is 0 Å². The Labute approximate surface area is 186 Å². The van der Waals surface area contributed by atoms with Gasteiger partial charge in [-0.05, 0) is 12.8 Å². The van der Waals surface area contributed by atoms with Gasteiger partial charge in [0, 0.05) is 0 Å². The van der Waals surface area contributed by atoms with Crippen LogP contribution in [0.25, 0.3) is 0 Å². The quantitative estimate of drug-likeness (QED) is 0.267. The molecule has 0 heterocycles. The third-order valence-electron chi connectivity index (χ3n) is 4.31. The van der Waals surface area contributed by atoms with Gasteiger partial charge in [-0.3, -0.25) is 0 Å². The topological polar surface area (TPSA) is 77.4 Å². The molecule has 0 aromatic rings. The van der Waals surface area contributed by atoms with Crippen molar-refractivity contribution in [3.05, 3.63) is 0 Å². The van der Waals surface area contributed by atoms with Gasteiger partial charge in [0.25, 0.3) is 0 Å². The predicted molar refractivity (Wildman–Crippen MR) is 90.9 cm³/mol. The van der Waals surface area contributed by atoms with E-state index in [4.69, 9.17) is 0 Å². The van der Waals surface area contributed by atoms with Crippen molar-refractivity contribution in [3.63, 3.8) is 0 Å². The predicted octanol–water partition coefficient (Wildman–Crippen LogP) is 1.38. The minimum absolute atomic E-state index is 0. The van der Waals surface area contributed by atoms with Crippen LogP contribution in [0, 0.1) is 0 Å².